The van der Waals surface area contributed by atoms with E-state index in [1.54, 1.807) is 0 Å². The maximum absolute atomic E-state index is 13.6. The Kier molecular flexibility index (Phi) is 6.09. The van der Waals surface area contributed by atoms with Crippen molar-refractivity contribution in [1.82, 2.24) is 9.13 Å². The van der Waals surface area contributed by atoms with Crippen molar-refractivity contribution in [2.75, 3.05) is 5.32 Å². The summed E-state index contributed by atoms with van der Waals surface area (Å²) < 4.78 is 29.5. The third-order valence-electron chi connectivity index (χ3n) is 6.08. The van der Waals surface area contributed by atoms with Gasteiger partial charge in [-0.25, -0.2) is 8.42 Å². The first kappa shape index (κ1) is 22.5. The number of aryl methyl sites for hydroxylation is 2. The largest absolute Gasteiger partial charge is 0.325 e. The Morgan fingerprint density at radius 1 is 1.06 bits per heavy atom. The van der Waals surface area contributed by atoms with Gasteiger partial charge >= 0.3 is 11.1 Å². The lowest BCUT2D eigenvalue weighted by molar-refractivity contribution is -0.115. The molecule has 0 radical (unpaired) electrons. The van der Waals surface area contributed by atoms with E-state index in [1.165, 1.54) is 42.1 Å². The summed E-state index contributed by atoms with van der Waals surface area (Å²) in [7, 11) is -0.860. The highest BCUT2D eigenvalue weighted by atomic mass is 32.2. The van der Waals surface area contributed by atoms with Gasteiger partial charge in [-0.2, -0.15) is 0 Å². The molecule has 32 heavy (non-hydrogen) atoms. The van der Waals surface area contributed by atoms with Gasteiger partial charge in [0, 0.05) is 19.0 Å². The molecule has 1 aliphatic rings. The lowest BCUT2D eigenvalue weighted by Gasteiger charge is -2.24. The summed E-state index contributed by atoms with van der Waals surface area (Å²) >= 11 is 1.44. The molecule has 170 valence electrons. The van der Waals surface area contributed by atoms with Crippen molar-refractivity contribution in [2.24, 2.45) is 14.1 Å². The number of aromatic nitrogens is 2. The molecule has 0 spiro atoms. The van der Waals surface area contributed by atoms with Crippen LogP contribution in [-0.4, -0.2) is 28.7 Å². The van der Waals surface area contributed by atoms with Crippen LogP contribution in [0.1, 0.15) is 37.0 Å². The summed E-state index contributed by atoms with van der Waals surface area (Å²) in [6.45, 7) is 0. The number of nitrogens with one attached hydrogen (secondary N) is 1. The zero-order valence-corrected chi connectivity index (χ0v) is 19.6. The average molecular weight is 476 g/mol. The molecule has 0 atom stereocenters. The Labute approximate surface area is 189 Å². The van der Waals surface area contributed by atoms with E-state index in [9.17, 15) is 22.8 Å². The van der Waals surface area contributed by atoms with Gasteiger partial charge in [0.2, 0.25) is 5.91 Å². The van der Waals surface area contributed by atoms with Crippen molar-refractivity contribution >= 4 is 43.8 Å². The fraction of sp³-hybridized carbons (Fsp3) is 0.409. The molecule has 10 heteroatoms. The van der Waals surface area contributed by atoms with Crippen molar-refractivity contribution < 1.29 is 13.2 Å². The molecule has 3 aromatic rings. The first-order valence-corrected chi connectivity index (χ1v) is 12.9. The number of thiophene rings is 1. The van der Waals surface area contributed by atoms with E-state index in [-0.39, 0.29) is 22.9 Å². The van der Waals surface area contributed by atoms with E-state index >= 15 is 0 Å². The summed E-state index contributed by atoms with van der Waals surface area (Å²) in [6.07, 6.45) is 3.93. The Hall–Kier alpha value is -2.72. The number of amides is 1. The molecule has 2 aromatic heterocycles. The number of carbonyl (C=O) groups is 1. The van der Waals surface area contributed by atoms with Crippen molar-refractivity contribution in [3.8, 4) is 0 Å². The summed E-state index contributed by atoms with van der Waals surface area (Å²) in [5, 5.41) is 4.09. The van der Waals surface area contributed by atoms with Crippen LogP contribution in [0.4, 0.5) is 5.69 Å². The van der Waals surface area contributed by atoms with Crippen LogP contribution >= 0.6 is 11.3 Å². The Balaban J connectivity index is 1.88. The second-order valence-corrected chi connectivity index (χ2v) is 11.4. The Morgan fingerprint density at radius 2 is 1.69 bits per heavy atom. The van der Waals surface area contributed by atoms with E-state index in [0.29, 0.717) is 23.9 Å². The molecule has 8 nitrogen and oxygen atoms in total. The van der Waals surface area contributed by atoms with Crippen LogP contribution in [0.15, 0.2) is 44.1 Å². The highest BCUT2D eigenvalue weighted by molar-refractivity contribution is 7.92. The van der Waals surface area contributed by atoms with Gasteiger partial charge in [-0.1, -0.05) is 25.3 Å². The van der Waals surface area contributed by atoms with Crippen LogP contribution in [0.3, 0.4) is 0 Å². The fourth-order valence-electron chi connectivity index (χ4n) is 4.25. The van der Waals surface area contributed by atoms with Gasteiger partial charge in [0.25, 0.3) is 0 Å². The topological polar surface area (TPSA) is 107 Å². The summed E-state index contributed by atoms with van der Waals surface area (Å²) in [5.41, 5.74) is -0.638. The molecule has 1 N–H and O–H groups in total. The number of fused-ring (bicyclic) bond motifs is 1. The van der Waals surface area contributed by atoms with Crippen LogP contribution in [0.25, 0.3) is 11.0 Å². The minimum absolute atomic E-state index is 0.00919. The van der Waals surface area contributed by atoms with Gasteiger partial charge in [0.1, 0.15) is 0 Å². The fourth-order valence-corrected chi connectivity index (χ4v) is 6.96. The van der Waals surface area contributed by atoms with E-state index in [0.717, 1.165) is 28.7 Å². The molecule has 1 amide bonds. The van der Waals surface area contributed by atoms with Crippen LogP contribution in [-0.2, 0) is 35.1 Å². The van der Waals surface area contributed by atoms with Crippen LogP contribution < -0.4 is 16.4 Å². The molecular weight excluding hydrogens is 450 g/mol. The number of nitrogens with zero attached hydrogens (tertiary/aromatic N) is 2. The number of benzene rings is 1. The summed E-state index contributed by atoms with van der Waals surface area (Å²) in [4.78, 5) is 38.2. The van der Waals surface area contributed by atoms with E-state index in [4.69, 9.17) is 0 Å². The highest BCUT2D eigenvalue weighted by Crippen LogP contribution is 2.34. The zero-order valence-electron chi connectivity index (χ0n) is 18.0. The molecule has 0 unspecified atom stereocenters. The monoisotopic (exact) mass is 475 g/mol. The third-order valence-corrected chi connectivity index (χ3v) is 9.25. The zero-order chi connectivity index (χ0) is 23.0. The lowest BCUT2D eigenvalue weighted by atomic mass is 10.0. The van der Waals surface area contributed by atoms with Crippen LogP contribution in [0.5, 0.6) is 0 Å². The molecule has 2 heterocycles. The van der Waals surface area contributed by atoms with E-state index in [2.05, 4.69) is 5.32 Å². The number of hydrogen-bond donors (Lipinski definition) is 1. The molecule has 1 saturated carbocycles. The number of sulfone groups is 1. The van der Waals surface area contributed by atoms with Crippen LogP contribution in [0.2, 0.25) is 0 Å². The smallest absolute Gasteiger partial charge is 0.316 e. The standard InChI is InChI=1S/C22H25N3O5S2/c1-24-17-12-16(23-20(26)11-14-7-6-10-31-14)19(13-18(17)25(2)22(28)21(24)27)32(29,30)15-8-4-3-5-9-15/h6-7,10,12-13,15H,3-5,8-9,11H2,1-2H3,(H,23,26). The number of anilines is 1. The molecular formula is C22H25N3O5S2. The van der Waals surface area contributed by atoms with Gasteiger partial charge in [0.15, 0.2) is 9.84 Å². The first-order chi connectivity index (χ1) is 15.2. The lowest BCUT2D eigenvalue weighted by Crippen LogP contribution is -2.39. The molecule has 0 aliphatic heterocycles. The van der Waals surface area contributed by atoms with Crippen molar-refractivity contribution in [2.45, 2.75) is 48.7 Å². The summed E-state index contributed by atoms with van der Waals surface area (Å²) in [5.74, 6) is -0.346. The normalized spacial score (nSPS) is 15.2. The molecule has 4 rings (SSSR count). The predicted octanol–water partition coefficient (Wildman–Crippen LogP) is 2.59. The second kappa shape index (κ2) is 8.67. The Morgan fingerprint density at radius 3 is 2.28 bits per heavy atom. The average Bonchev–Trinajstić information content (AvgIpc) is 3.29. The molecule has 0 saturated heterocycles. The minimum atomic E-state index is -3.76. The van der Waals surface area contributed by atoms with Crippen molar-refractivity contribution in [1.29, 1.82) is 0 Å². The van der Waals surface area contributed by atoms with Gasteiger partial charge < -0.3 is 14.5 Å². The Bertz CT molecular complexity index is 1400. The van der Waals surface area contributed by atoms with Crippen molar-refractivity contribution in [3.63, 3.8) is 0 Å². The SMILES string of the molecule is Cn1c(=O)c(=O)n(C)c2cc(S(=O)(=O)C3CCCCC3)c(NC(=O)Cc3cccs3)cc21. The number of rotatable bonds is 5. The molecule has 1 aliphatic carbocycles. The predicted molar refractivity (Wildman–Crippen MR) is 125 cm³/mol. The van der Waals surface area contributed by atoms with Gasteiger partial charge in [-0.05, 0) is 36.4 Å². The second-order valence-electron chi connectivity index (χ2n) is 8.17. The van der Waals surface area contributed by atoms with Gasteiger partial charge in [0.05, 0.1) is 33.3 Å². The van der Waals surface area contributed by atoms with Gasteiger partial charge in [-0.15, -0.1) is 11.3 Å². The summed E-state index contributed by atoms with van der Waals surface area (Å²) in [6, 6.07) is 6.58. The molecule has 0 bridgehead atoms. The van der Waals surface area contributed by atoms with Crippen LogP contribution in [0, 0.1) is 0 Å². The molecule has 1 fully saturated rings. The number of carbonyl (C=O) groups excluding carboxylic acids is 1. The van der Waals surface area contributed by atoms with Crippen molar-refractivity contribution in [3.05, 3.63) is 55.2 Å². The highest BCUT2D eigenvalue weighted by Gasteiger charge is 2.32. The van der Waals surface area contributed by atoms with E-state index in [1.807, 2.05) is 17.5 Å². The quantitative estimate of drug-likeness (QED) is 0.571. The van der Waals surface area contributed by atoms with Gasteiger partial charge in [-0.3, -0.25) is 14.4 Å². The first-order valence-electron chi connectivity index (χ1n) is 10.5. The molecule has 1 aromatic carbocycles. The number of hydrogen-bond acceptors (Lipinski definition) is 6. The maximum atomic E-state index is 13.6. The third kappa shape index (κ3) is 4.04. The van der Waals surface area contributed by atoms with E-state index < -0.39 is 26.2 Å². The maximum Gasteiger partial charge on any atom is 0.316 e. The minimum Gasteiger partial charge on any atom is -0.325 e.